The summed E-state index contributed by atoms with van der Waals surface area (Å²) in [5.41, 5.74) is -0.339. The number of nitrogens with one attached hydrogen (secondary N) is 1. The quantitative estimate of drug-likeness (QED) is 0.868. The average Bonchev–Trinajstić information content (AvgIpc) is 2.28. The fraction of sp³-hybridized carbons (Fsp3) is 0.500. The lowest BCUT2D eigenvalue weighted by Crippen LogP contribution is -2.61. The number of benzene rings is 1. The molecule has 0 radical (unpaired) electrons. The Labute approximate surface area is 99.7 Å². The standard InChI is InChI=1S/C12H16FNO3/c1-12(6-14-7-12)17-11-9(15-2)5-4-8(13)10(11)16-3/h4-5,14H,6-7H2,1-3H3. The maximum atomic E-state index is 13.6. The van der Waals surface area contributed by atoms with Gasteiger partial charge in [0.1, 0.15) is 5.60 Å². The Bertz CT molecular complexity index is 418. The zero-order chi connectivity index (χ0) is 12.5. The summed E-state index contributed by atoms with van der Waals surface area (Å²) in [5.74, 6) is 0.409. The molecule has 5 heteroatoms. The molecule has 0 spiro atoms. The second-order valence-corrected chi connectivity index (χ2v) is 4.27. The van der Waals surface area contributed by atoms with Gasteiger partial charge in [-0.25, -0.2) is 4.39 Å². The van der Waals surface area contributed by atoms with Gasteiger partial charge in [-0.05, 0) is 19.1 Å². The van der Waals surface area contributed by atoms with Gasteiger partial charge in [-0.2, -0.15) is 0 Å². The highest BCUT2D eigenvalue weighted by Crippen LogP contribution is 2.41. The summed E-state index contributed by atoms with van der Waals surface area (Å²) in [6.07, 6.45) is 0. The Balaban J connectivity index is 2.37. The highest BCUT2D eigenvalue weighted by atomic mass is 19.1. The molecule has 2 rings (SSSR count). The number of rotatable bonds is 4. The number of hydrogen-bond acceptors (Lipinski definition) is 4. The Hall–Kier alpha value is -1.49. The van der Waals surface area contributed by atoms with Gasteiger partial charge in [0.05, 0.1) is 14.2 Å². The van der Waals surface area contributed by atoms with Gasteiger partial charge in [0.25, 0.3) is 0 Å². The molecule has 0 bridgehead atoms. The maximum Gasteiger partial charge on any atom is 0.207 e. The van der Waals surface area contributed by atoms with Crippen molar-refractivity contribution in [2.45, 2.75) is 12.5 Å². The molecule has 0 aliphatic carbocycles. The predicted molar refractivity (Wildman–Crippen MR) is 61.4 cm³/mol. The molecule has 4 nitrogen and oxygen atoms in total. The molecule has 1 aliphatic heterocycles. The van der Waals surface area contributed by atoms with Crippen molar-refractivity contribution in [2.24, 2.45) is 0 Å². The molecule has 0 saturated carbocycles. The Kier molecular flexibility index (Phi) is 3.11. The van der Waals surface area contributed by atoms with Gasteiger partial charge in [0.2, 0.25) is 11.5 Å². The molecule has 1 N–H and O–H groups in total. The van der Waals surface area contributed by atoms with Gasteiger partial charge in [0.15, 0.2) is 11.6 Å². The maximum absolute atomic E-state index is 13.6. The molecule has 1 aliphatic rings. The minimum Gasteiger partial charge on any atom is -0.493 e. The first-order valence-corrected chi connectivity index (χ1v) is 5.40. The Morgan fingerprint density at radius 2 is 1.88 bits per heavy atom. The first-order valence-electron chi connectivity index (χ1n) is 5.40. The summed E-state index contributed by atoms with van der Waals surface area (Å²) in [7, 11) is 2.92. The molecular weight excluding hydrogens is 225 g/mol. The SMILES string of the molecule is COc1ccc(F)c(OC)c1OC1(C)CNC1. The summed E-state index contributed by atoms with van der Waals surface area (Å²) >= 11 is 0. The van der Waals surface area contributed by atoms with E-state index in [0.29, 0.717) is 11.5 Å². The van der Waals surface area contributed by atoms with Gasteiger partial charge in [-0.15, -0.1) is 0 Å². The molecule has 1 heterocycles. The predicted octanol–water partition coefficient (Wildman–Crippen LogP) is 1.58. The zero-order valence-electron chi connectivity index (χ0n) is 10.2. The van der Waals surface area contributed by atoms with E-state index in [9.17, 15) is 4.39 Å². The van der Waals surface area contributed by atoms with Crippen molar-refractivity contribution < 1.29 is 18.6 Å². The van der Waals surface area contributed by atoms with Gasteiger partial charge in [0, 0.05) is 13.1 Å². The topological polar surface area (TPSA) is 39.7 Å². The molecule has 94 valence electrons. The lowest BCUT2D eigenvalue weighted by atomic mass is 10.00. The van der Waals surface area contributed by atoms with Gasteiger partial charge >= 0.3 is 0 Å². The first-order chi connectivity index (χ1) is 8.09. The second kappa shape index (κ2) is 4.41. The smallest absolute Gasteiger partial charge is 0.207 e. The van der Waals surface area contributed by atoms with Crippen LogP contribution in [0.2, 0.25) is 0 Å². The average molecular weight is 241 g/mol. The van der Waals surface area contributed by atoms with E-state index in [4.69, 9.17) is 14.2 Å². The van der Waals surface area contributed by atoms with Gasteiger partial charge in [-0.1, -0.05) is 0 Å². The van der Waals surface area contributed by atoms with Crippen LogP contribution >= 0.6 is 0 Å². The third-order valence-corrected chi connectivity index (χ3v) is 2.80. The number of ether oxygens (including phenoxy) is 3. The van der Waals surface area contributed by atoms with E-state index in [1.165, 1.54) is 26.4 Å². The van der Waals surface area contributed by atoms with Gasteiger partial charge < -0.3 is 19.5 Å². The normalized spacial score (nSPS) is 17.2. The summed E-state index contributed by atoms with van der Waals surface area (Å²) in [6, 6.07) is 2.83. The lowest BCUT2D eigenvalue weighted by molar-refractivity contribution is 0.0293. The summed E-state index contributed by atoms with van der Waals surface area (Å²) in [4.78, 5) is 0. The fourth-order valence-electron chi connectivity index (χ4n) is 1.76. The van der Waals surface area contributed by atoms with Crippen LogP contribution < -0.4 is 19.5 Å². The third kappa shape index (κ3) is 2.15. The van der Waals surface area contributed by atoms with E-state index < -0.39 is 5.82 Å². The van der Waals surface area contributed by atoms with E-state index in [0.717, 1.165) is 13.1 Å². The Morgan fingerprint density at radius 3 is 2.35 bits per heavy atom. The summed E-state index contributed by atoms with van der Waals surface area (Å²) in [5, 5.41) is 3.11. The van der Waals surface area contributed by atoms with Crippen molar-refractivity contribution in [1.82, 2.24) is 5.32 Å². The van der Waals surface area contributed by atoms with E-state index in [-0.39, 0.29) is 11.4 Å². The summed E-state index contributed by atoms with van der Waals surface area (Å²) < 4.78 is 29.6. The van der Waals surface area contributed by atoms with Crippen LogP contribution in [0.25, 0.3) is 0 Å². The Morgan fingerprint density at radius 1 is 1.18 bits per heavy atom. The lowest BCUT2D eigenvalue weighted by Gasteiger charge is -2.39. The van der Waals surface area contributed by atoms with Crippen LogP contribution in [0, 0.1) is 5.82 Å². The highest BCUT2D eigenvalue weighted by molar-refractivity contribution is 5.52. The van der Waals surface area contributed by atoms with Crippen LogP contribution in [0.15, 0.2) is 12.1 Å². The highest BCUT2D eigenvalue weighted by Gasteiger charge is 2.36. The van der Waals surface area contributed by atoms with Crippen LogP contribution in [0.5, 0.6) is 17.2 Å². The van der Waals surface area contributed by atoms with Crippen molar-refractivity contribution in [3.8, 4) is 17.2 Å². The summed E-state index contributed by atoms with van der Waals surface area (Å²) in [6.45, 7) is 3.39. The van der Waals surface area contributed by atoms with Crippen LogP contribution in [-0.2, 0) is 0 Å². The second-order valence-electron chi connectivity index (χ2n) is 4.27. The number of halogens is 1. The molecule has 17 heavy (non-hydrogen) atoms. The molecule has 0 atom stereocenters. The zero-order valence-corrected chi connectivity index (χ0v) is 10.2. The van der Waals surface area contributed by atoms with Crippen molar-refractivity contribution in [2.75, 3.05) is 27.3 Å². The van der Waals surface area contributed by atoms with E-state index in [2.05, 4.69) is 5.32 Å². The molecule has 1 fully saturated rings. The molecular formula is C12H16FNO3. The van der Waals surface area contributed by atoms with E-state index >= 15 is 0 Å². The minimum absolute atomic E-state index is 0.0810. The first kappa shape index (κ1) is 12.0. The van der Waals surface area contributed by atoms with E-state index in [1.54, 1.807) is 0 Å². The van der Waals surface area contributed by atoms with Crippen LogP contribution in [-0.4, -0.2) is 32.9 Å². The van der Waals surface area contributed by atoms with Crippen LogP contribution in [0.3, 0.4) is 0 Å². The minimum atomic E-state index is -0.459. The molecule has 0 unspecified atom stereocenters. The molecule has 1 saturated heterocycles. The molecule has 0 aromatic heterocycles. The van der Waals surface area contributed by atoms with E-state index in [1.807, 2.05) is 6.92 Å². The van der Waals surface area contributed by atoms with Gasteiger partial charge in [-0.3, -0.25) is 0 Å². The van der Waals surface area contributed by atoms with Crippen LogP contribution in [0.4, 0.5) is 4.39 Å². The van der Waals surface area contributed by atoms with Crippen LogP contribution in [0.1, 0.15) is 6.92 Å². The molecule has 1 aromatic carbocycles. The number of hydrogen-bond donors (Lipinski definition) is 1. The molecule has 0 amide bonds. The van der Waals surface area contributed by atoms with Crippen molar-refractivity contribution in [1.29, 1.82) is 0 Å². The van der Waals surface area contributed by atoms with Crippen molar-refractivity contribution in [3.05, 3.63) is 17.9 Å². The molecule has 1 aromatic rings. The van der Waals surface area contributed by atoms with Crippen molar-refractivity contribution in [3.63, 3.8) is 0 Å². The largest absolute Gasteiger partial charge is 0.493 e. The fourth-order valence-corrected chi connectivity index (χ4v) is 1.76. The third-order valence-electron chi connectivity index (χ3n) is 2.80. The number of methoxy groups -OCH3 is 2. The van der Waals surface area contributed by atoms with Crippen molar-refractivity contribution >= 4 is 0 Å². The monoisotopic (exact) mass is 241 g/mol.